The van der Waals surface area contributed by atoms with E-state index in [-0.39, 0.29) is 11.5 Å². The summed E-state index contributed by atoms with van der Waals surface area (Å²) in [6, 6.07) is 12.5. The fraction of sp³-hybridized carbons (Fsp3) is 0.200. The molecule has 0 bridgehead atoms. The van der Waals surface area contributed by atoms with Crippen LogP contribution in [-0.2, 0) is 6.54 Å². The zero-order chi connectivity index (χ0) is 13.7. The molecular weight excluding hydrogens is 240 g/mol. The van der Waals surface area contributed by atoms with Gasteiger partial charge in [0.25, 0.3) is 0 Å². The highest BCUT2D eigenvalue weighted by Crippen LogP contribution is 2.27. The smallest absolute Gasteiger partial charge is 0.138 e. The monoisotopic (exact) mass is 258 g/mol. The molecular formula is C15H18N2O2. The summed E-state index contributed by atoms with van der Waals surface area (Å²) in [7, 11) is 0. The van der Waals surface area contributed by atoms with E-state index in [4.69, 9.17) is 0 Å². The first-order valence-electron chi connectivity index (χ1n) is 6.27. The highest BCUT2D eigenvalue weighted by molar-refractivity contribution is 5.59. The SMILES string of the molecule is CCNc1cccc(CNc2cc(O)ccc2O)c1. The summed E-state index contributed by atoms with van der Waals surface area (Å²) < 4.78 is 0. The Kier molecular flexibility index (Phi) is 4.13. The largest absolute Gasteiger partial charge is 0.508 e. The van der Waals surface area contributed by atoms with Crippen molar-refractivity contribution in [3.63, 3.8) is 0 Å². The van der Waals surface area contributed by atoms with Crippen LogP contribution in [0, 0.1) is 0 Å². The Balaban J connectivity index is 2.05. The van der Waals surface area contributed by atoms with Gasteiger partial charge in [0.05, 0.1) is 5.69 Å². The van der Waals surface area contributed by atoms with E-state index < -0.39 is 0 Å². The molecule has 2 aromatic carbocycles. The van der Waals surface area contributed by atoms with Crippen molar-refractivity contribution in [3.05, 3.63) is 48.0 Å². The predicted molar refractivity (Wildman–Crippen MR) is 77.7 cm³/mol. The minimum atomic E-state index is 0.126. The fourth-order valence-electron chi connectivity index (χ4n) is 1.86. The average molecular weight is 258 g/mol. The third-order valence-electron chi connectivity index (χ3n) is 2.77. The van der Waals surface area contributed by atoms with Crippen molar-refractivity contribution in [2.75, 3.05) is 17.2 Å². The maximum absolute atomic E-state index is 9.67. The van der Waals surface area contributed by atoms with E-state index in [0.717, 1.165) is 17.8 Å². The molecule has 19 heavy (non-hydrogen) atoms. The lowest BCUT2D eigenvalue weighted by Gasteiger charge is -2.10. The van der Waals surface area contributed by atoms with Crippen LogP contribution >= 0.6 is 0 Å². The van der Waals surface area contributed by atoms with E-state index in [2.05, 4.69) is 23.6 Å². The number of phenols is 2. The molecule has 4 nitrogen and oxygen atoms in total. The van der Waals surface area contributed by atoms with Gasteiger partial charge in [0.2, 0.25) is 0 Å². The van der Waals surface area contributed by atoms with Crippen LogP contribution in [0.3, 0.4) is 0 Å². The van der Waals surface area contributed by atoms with Gasteiger partial charge in [-0.05, 0) is 36.8 Å². The van der Waals surface area contributed by atoms with Crippen LogP contribution in [0.5, 0.6) is 11.5 Å². The lowest BCUT2D eigenvalue weighted by atomic mass is 10.2. The fourth-order valence-corrected chi connectivity index (χ4v) is 1.86. The summed E-state index contributed by atoms with van der Waals surface area (Å²) in [5, 5.41) is 25.4. The standard InChI is InChI=1S/C15H18N2O2/c1-2-16-12-5-3-4-11(8-12)10-17-14-9-13(18)6-7-15(14)19/h3-9,16-19H,2,10H2,1H3. The second-order valence-corrected chi connectivity index (χ2v) is 4.29. The summed E-state index contributed by atoms with van der Waals surface area (Å²) in [4.78, 5) is 0. The van der Waals surface area contributed by atoms with Crippen molar-refractivity contribution in [3.8, 4) is 11.5 Å². The predicted octanol–water partition coefficient (Wildman–Crippen LogP) is 3.14. The molecule has 0 amide bonds. The second kappa shape index (κ2) is 6.00. The normalized spacial score (nSPS) is 10.2. The van der Waals surface area contributed by atoms with Gasteiger partial charge in [-0.1, -0.05) is 12.1 Å². The van der Waals surface area contributed by atoms with E-state index in [9.17, 15) is 10.2 Å². The summed E-state index contributed by atoms with van der Waals surface area (Å²) in [5.41, 5.74) is 2.69. The number of aromatic hydroxyl groups is 2. The van der Waals surface area contributed by atoms with Crippen LogP contribution in [0.1, 0.15) is 12.5 Å². The van der Waals surface area contributed by atoms with Gasteiger partial charge in [0, 0.05) is 24.8 Å². The van der Waals surface area contributed by atoms with E-state index in [1.54, 1.807) is 0 Å². The zero-order valence-electron chi connectivity index (χ0n) is 10.9. The third-order valence-corrected chi connectivity index (χ3v) is 2.77. The van der Waals surface area contributed by atoms with Gasteiger partial charge in [-0.25, -0.2) is 0 Å². The first-order valence-corrected chi connectivity index (χ1v) is 6.27. The number of benzene rings is 2. The van der Waals surface area contributed by atoms with Gasteiger partial charge < -0.3 is 20.8 Å². The van der Waals surface area contributed by atoms with Crippen molar-refractivity contribution in [2.24, 2.45) is 0 Å². The number of nitrogens with one attached hydrogen (secondary N) is 2. The molecule has 0 radical (unpaired) electrons. The van der Waals surface area contributed by atoms with Crippen molar-refractivity contribution in [2.45, 2.75) is 13.5 Å². The Hall–Kier alpha value is -2.36. The highest BCUT2D eigenvalue weighted by Gasteiger charge is 2.02. The van der Waals surface area contributed by atoms with Crippen LogP contribution in [0.25, 0.3) is 0 Å². The average Bonchev–Trinajstić information content (AvgIpc) is 2.41. The molecule has 0 saturated heterocycles. The zero-order valence-corrected chi connectivity index (χ0v) is 10.9. The van der Waals surface area contributed by atoms with E-state index in [0.29, 0.717) is 12.2 Å². The van der Waals surface area contributed by atoms with Crippen LogP contribution in [0.2, 0.25) is 0 Å². The molecule has 0 saturated carbocycles. The van der Waals surface area contributed by atoms with E-state index in [1.165, 1.54) is 18.2 Å². The van der Waals surface area contributed by atoms with Crippen molar-refractivity contribution in [1.29, 1.82) is 0 Å². The molecule has 2 aromatic rings. The van der Waals surface area contributed by atoms with Gasteiger partial charge in [-0.2, -0.15) is 0 Å². The van der Waals surface area contributed by atoms with Crippen molar-refractivity contribution >= 4 is 11.4 Å². The first kappa shape index (κ1) is 13.1. The maximum Gasteiger partial charge on any atom is 0.138 e. The Morgan fingerprint density at radius 3 is 2.63 bits per heavy atom. The Morgan fingerprint density at radius 2 is 1.84 bits per heavy atom. The maximum atomic E-state index is 9.67. The number of hydrogen-bond donors (Lipinski definition) is 4. The molecule has 0 aliphatic carbocycles. The lowest BCUT2D eigenvalue weighted by Crippen LogP contribution is -2.01. The number of hydrogen-bond acceptors (Lipinski definition) is 4. The molecule has 0 fully saturated rings. The molecule has 4 heteroatoms. The quantitative estimate of drug-likeness (QED) is 0.491. The van der Waals surface area contributed by atoms with Gasteiger partial charge >= 0.3 is 0 Å². The molecule has 100 valence electrons. The van der Waals surface area contributed by atoms with Gasteiger partial charge in [0.15, 0.2) is 0 Å². The minimum absolute atomic E-state index is 0.126. The molecule has 0 aromatic heterocycles. The summed E-state index contributed by atoms with van der Waals surface area (Å²) >= 11 is 0. The third kappa shape index (κ3) is 3.55. The van der Waals surface area contributed by atoms with Gasteiger partial charge in [-0.15, -0.1) is 0 Å². The molecule has 0 unspecified atom stereocenters. The van der Waals surface area contributed by atoms with Crippen LogP contribution < -0.4 is 10.6 Å². The lowest BCUT2D eigenvalue weighted by molar-refractivity contribution is 0.462. The van der Waals surface area contributed by atoms with Crippen LogP contribution in [0.15, 0.2) is 42.5 Å². The topological polar surface area (TPSA) is 64.5 Å². The van der Waals surface area contributed by atoms with Crippen molar-refractivity contribution in [1.82, 2.24) is 0 Å². The van der Waals surface area contributed by atoms with Gasteiger partial charge in [0.1, 0.15) is 11.5 Å². The Morgan fingerprint density at radius 1 is 1.00 bits per heavy atom. The number of anilines is 2. The van der Waals surface area contributed by atoms with Gasteiger partial charge in [-0.3, -0.25) is 0 Å². The molecule has 0 aliphatic heterocycles. The summed E-state index contributed by atoms with van der Waals surface area (Å²) in [6.45, 7) is 3.51. The molecule has 4 N–H and O–H groups in total. The minimum Gasteiger partial charge on any atom is -0.508 e. The van der Waals surface area contributed by atoms with E-state index in [1.807, 2.05) is 18.2 Å². The van der Waals surface area contributed by atoms with Crippen molar-refractivity contribution < 1.29 is 10.2 Å². The van der Waals surface area contributed by atoms with Crippen LogP contribution in [-0.4, -0.2) is 16.8 Å². The number of rotatable bonds is 5. The number of phenolic OH excluding ortho intramolecular Hbond substituents is 2. The molecule has 0 spiro atoms. The molecule has 0 heterocycles. The summed E-state index contributed by atoms with van der Waals surface area (Å²) in [5.74, 6) is 0.252. The highest BCUT2D eigenvalue weighted by atomic mass is 16.3. The Bertz CT molecular complexity index is 556. The van der Waals surface area contributed by atoms with Crippen LogP contribution in [0.4, 0.5) is 11.4 Å². The summed E-state index contributed by atoms with van der Waals surface area (Å²) in [6.07, 6.45) is 0. The van der Waals surface area contributed by atoms with E-state index >= 15 is 0 Å². The second-order valence-electron chi connectivity index (χ2n) is 4.29. The first-order chi connectivity index (χ1) is 9.19. The molecule has 0 aliphatic rings. The molecule has 2 rings (SSSR count). The molecule has 0 atom stereocenters. The Labute approximate surface area is 112 Å².